The van der Waals surface area contributed by atoms with E-state index >= 15 is 0 Å². The van der Waals surface area contributed by atoms with Crippen LogP contribution in [0.2, 0.25) is 0 Å². The minimum Gasteiger partial charge on any atom is -0.497 e. The van der Waals surface area contributed by atoms with Gasteiger partial charge in [-0.25, -0.2) is 0 Å². The molecule has 0 saturated carbocycles. The molecule has 6 heteroatoms. The lowest BCUT2D eigenvalue weighted by Gasteiger charge is -2.29. The van der Waals surface area contributed by atoms with Gasteiger partial charge in [0.15, 0.2) is 6.61 Å². The second-order valence-corrected chi connectivity index (χ2v) is 7.85. The summed E-state index contributed by atoms with van der Waals surface area (Å²) in [6, 6.07) is 12.6. The number of carbonyl (C=O) groups excluding carboxylic acids is 2. The monoisotopic (exact) mass is 426 g/mol. The molecule has 0 radical (unpaired) electrons. The number of hydrogen-bond acceptors (Lipinski definition) is 4. The van der Waals surface area contributed by atoms with Crippen molar-refractivity contribution in [2.45, 2.75) is 59.7 Å². The summed E-state index contributed by atoms with van der Waals surface area (Å²) in [5.41, 5.74) is 2.97. The van der Waals surface area contributed by atoms with Crippen molar-refractivity contribution in [1.29, 1.82) is 0 Å². The number of methoxy groups -OCH3 is 1. The van der Waals surface area contributed by atoms with Gasteiger partial charge in [0.05, 0.1) is 7.11 Å². The molecular formula is C25H34N2O4. The molecule has 2 aromatic rings. The van der Waals surface area contributed by atoms with E-state index in [1.807, 2.05) is 70.2 Å². The Morgan fingerprint density at radius 1 is 1.10 bits per heavy atom. The number of benzene rings is 2. The third-order valence-corrected chi connectivity index (χ3v) is 5.56. The molecule has 0 aliphatic rings. The van der Waals surface area contributed by atoms with Crippen molar-refractivity contribution >= 4 is 11.8 Å². The predicted molar refractivity (Wildman–Crippen MR) is 122 cm³/mol. The Bertz CT molecular complexity index is 897. The average Bonchev–Trinajstić information content (AvgIpc) is 2.77. The Morgan fingerprint density at radius 2 is 1.81 bits per heavy atom. The maximum Gasteiger partial charge on any atom is 0.261 e. The maximum atomic E-state index is 13.2. The van der Waals surface area contributed by atoms with Crippen molar-refractivity contribution in [1.82, 2.24) is 10.2 Å². The van der Waals surface area contributed by atoms with E-state index in [0.29, 0.717) is 11.5 Å². The Kier molecular flexibility index (Phi) is 8.91. The van der Waals surface area contributed by atoms with Crippen molar-refractivity contribution in [3.8, 4) is 11.5 Å². The first-order valence-electron chi connectivity index (χ1n) is 10.7. The van der Waals surface area contributed by atoms with Crippen molar-refractivity contribution in [2.75, 3.05) is 13.7 Å². The third kappa shape index (κ3) is 6.74. The van der Waals surface area contributed by atoms with Gasteiger partial charge in [-0.3, -0.25) is 9.59 Å². The molecule has 0 fully saturated rings. The molecule has 0 aromatic heterocycles. The van der Waals surface area contributed by atoms with Crippen molar-refractivity contribution in [3.63, 3.8) is 0 Å². The predicted octanol–water partition coefficient (Wildman–Crippen LogP) is 4.02. The summed E-state index contributed by atoms with van der Waals surface area (Å²) in [4.78, 5) is 27.5. The van der Waals surface area contributed by atoms with Gasteiger partial charge in [-0.05, 0) is 69.0 Å². The van der Waals surface area contributed by atoms with E-state index in [2.05, 4.69) is 5.32 Å². The summed E-state index contributed by atoms with van der Waals surface area (Å²) in [7, 11) is 1.60. The van der Waals surface area contributed by atoms with Crippen molar-refractivity contribution in [2.24, 2.45) is 0 Å². The van der Waals surface area contributed by atoms with Gasteiger partial charge < -0.3 is 19.7 Å². The molecule has 0 spiro atoms. The molecule has 0 aliphatic heterocycles. The molecule has 0 bridgehead atoms. The zero-order valence-corrected chi connectivity index (χ0v) is 19.4. The highest BCUT2D eigenvalue weighted by molar-refractivity contribution is 5.88. The first kappa shape index (κ1) is 24.3. The van der Waals surface area contributed by atoms with Gasteiger partial charge in [0, 0.05) is 12.6 Å². The molecule has 0 heterocycles. The largest absolute Gasteiger partial charge is 0.497 e. The van der Waals surface area contributed by atoms with Crippen LogP contribution in [0.5, 0.6) is 11.5 Å². The lowest BCUT2D eigenvalue weighted by molar-refractivity contribution is -0.142. The number of rotatable bonds is 10. The van der Waals surface area contributed by atoms with E-state index in [9.17, 15) is 9.59 Å². The van der Waals surface area contributed by atoms with Gasteiger partial charge in [0.2, 0.25) is 5.91 Å². The maximum absolute atomic E-state index is 13.2. The van der Waals surface area contributed by atoms with Crippen LogP contribution in [0.15, 0.2) is 42.5 Å². The molecule has 0 saturated heterocycles. The van der Waals surface area contributed by atoms with E-state index in [1.54, 1.807) is 18.9 Å². The number of nitrogens with zero attached hydrogens (tertiary/aromatic N) is 1. The van der Waals surface area contributed by atoms with Crippen LogP contribution in [0.3, 0.4) is 0 Å². The van der Waals surface area contributed by atoms with E-state index in [1.165, 1.54) is 0 Å². The van der Waals surface area contributed by atoms with E-state index in [-0.39, 0.29) is 31.0 Å². The van der Waals surface area contributed by atoms with Gasteiger partial charge in [0.1, 0.15) is 17.5 Å². The van der Waals surface area contributed by atoms with Crippen molar-refractivity contribution in [3.05, 3.63) is 59.2 Å². The quantitative estimate of drug-likeness (QED) is 0.623. The van der Waals surface area contributed by atoms with Crippen LogP contribution in [-0.4, -0.2) is 42.5 Å². The van der Waals surface area contributed by atoms with Gasteiger partial charge >= 0.3 is 0 Å². The Balaban J connectivity index is 2.21. The van der Waals surface area contributed by atoms with Crippen molar-refractivity contribution < 1.29 is 19.1 Å². The molecule has 2 atom stereocenters. The number of ether oxygens (including phenoxy) is 2. The number of hydrogen-bond donors (Lipinski definition) is 1. The number of carbonyl (C=O) groups is 2. The fourth-order valence-electron chi connectivity index (χ4n) is 3.12. The van der Waals surface area contributed by atoms with Crippen LogP contribution in [0, 0.1) is 13.8 Å². The number of nitrogens with one attached hydrogen (secondary N) is 1. The second-order valence-electron chi connectivity index (χ2n) is 7.85. The Morgan fingerprint density at radius 3 is 2.48 bits per heavy atom. The highest BCUT2D eigenvalue weighted by Gasteiger charge is 2.27. The molecule has 0 aliphatic carbocycles. The molecule has 31 heavy (non-hydrogen) atoms. The zero-order valence-electron chi connectivity index (χ0n) is 19.4. The minimum atomic E-state index is -0.644. The highest BCUT2D eigenvalue weighted by atomic mass is 16.5. The zero-order chi connectivity index (χ0) is 23.0. The lowest BCUT2D eigenvalue weighted by atomic mass is 10.1. The molecule has 2 rings (SSSR count). The molecular weight excluding hydrogens is 392 g/mol. The number of aryl methyl sites for hydroxylation is 1. The Hall–Kier alpha value is -3.02. The molecule has 2 aromatic carbocycles. The first-order chi connectivity index (χ1) is 14.8. The summed E-state index contributed by atoms with van der Waals surface area (Å²) in [6.07, 6.45) is 0.817. The summed E-state index contributed by atoms with van der Waals surface area (Å²) >= 11 is 0. The SMILES string of the molecule is CC[C@H](C)NC(=O)[C@@H](C)N(Cc1cccc(OC)c1)C(=O)COc1cccc(C)c1C. The second kappa shape index (κ2) is 11.4. The first-order valence-corrected chi connectivity index (χ1v) is 10.7. The average molecular weight is 427 g/mol. The molecule has 0 unspecified atom stereocenters. The molecule has 6 nitrogen and oxygen atoms in total. The Labute approximate surface area is 185 Å². The standard InChI is InChI=1S/C25H34N2O4/c1-7-18(3)26-25(29)20(5)27(15-21-11-9-12-22(14-21)30-6)24(28)16-31-23-13-8-10-17(2)19(23)4/h8-14,18,20H,7,15-16H2,1-6H3,(H,26,29)/t18-,20+/m0/s1. The molecule has 1 N–H and O–H groups in total. The summed E-state index contributed by atoms with van der Waals surface area (Å²) < 4.78 is 11.1. The van der Waals surface area contributed by atoms with Crippen LogP contribution in [0.1, 0.15) is 43.9 Å². The van der Waals surface area contributed by atoms with Crippen LogP contribution >= 0.6 is 0 Å². The van der Waals surface area contributed by atoms with Gasteiger partial charge in [-0.1, -0.05) is 31.2 Å². The third-order valence-electron chi connectivity index (χ3n) is 5.56. The van der Waals surface area contributed by atoms with Gasteiger partial charge in [-0.2, -0.15) is 0 Å². The molecule has 2 amide bonds. The topological polar surface area (TPSA) is 67.9 Å². The summed E-state index contributed by atoms with van der Waals surface area (Å²) in [5.74, 6) is 0.937. The minimum absolute atomic E-state index is 0.0370. The van der Waals surface area contributed by atoms with E-state index < -0.39 is 6.04 Å². The fraction of sp³-hybridized carbons (Fsp3) is 0.440. The van der Waals surface area contributed by atoms with Gasteiger partial charge in [-0.15, -0.1) is 0 Å². The molecule has 168 valence electrons. The highest BCUT2D eigenvalue weighted by Crippen LogP contribution is 2.21. The van der Waals surface area contributed by atoms with Crippen LogP contribution in [-0.2, 0) is 16.1 Å². The van der Waals surface area contributed by atoms with E-state index in [0.717, 1.165) is 23.1 Å². The van der Waals surface area contributed by atoms with E-state index in [4.69, 9.17) is 9.47 Å². The summed E-state index contributed by atoms with van der Waals surface area (Å²) in [5, 5.41) is 2.97. The summed E-state index contributed by atoms with van der Waals surface area (Å²) in [6.45, 7) is 9.80. The smallest absolute Gasteiger partial charge is 0.261 e. The van der Waals surface area contributed by atoms with Crippen LogP contribution in [0.25, 0.3) is 0 Å². The van der Waals surface area contributed by atoms with Gasteiger partial charge in [0.25, 0.3) is 5.91 Å². The fourth-order valence-corrected chi connectivity index (χ4v) is 3.12. The normalized spacial score (nSPS) is 12.6. The number of amides is 2. The van der Waals surface area contributed by atoms with Crippen LogP contribution < -0.4 is 14.8 Å². The van der Waals surface area contributed by atoms with Crippen LogP contribution in [0.4, 0.5) is 0 Å². The lowest BCUT2D eigenvalue weighted by Crippen LogP contribution is -2.50.